The lowest BCUT2D eigenvalue weighted by Crippen LogP contribution is -2.48. The van der Waals surface area contributed by atoms with E-state index in [1.165, 1.54) is 31.7 Å². The number of carbonyl (C=O) groups is 2. The molecule has 2 aromatic rings. The van der Waals surface area contributed by atoms with Gasteiger partial charge in [-0.15, -0.1) is 0 Å². The molecule has 0 saturated carbocycles. The van der Waals surface area contributed by atoms with Crippen LogP contribution < -0.4 is 15.4 Å². The van der Waals surface area contributed by atoms with E-state index in [0.29, 0.717) is 42.5 Å². The van der Waals surface area contributed by atoms with E-state index in [1.54, 1.807) is 13.2 Å². The molecule has 2 N–H and O–H groups in total. The summed E-state index contributed by atoms with van der Waals surface area (Å²) in [6.45, 7) is 4.20. The second-order valence-electron chi connectivity index (χ2n) is 9.82. The van der Waals surface area contributed by atoms with Gasteiger partial charge in [0.1, 0.15) is 5.75 Å². The van der Waals surface area contributed by atoms with Crippen molar-refractivity contribution in [3.05, 3.63) is 59.7 Å². The maximum absolute atomic E-state index is 13.1. The second kappa shape index (κ2) is 11.7. The standard InChI is InChI=1S/C28H38N4O3/c1-20(33)30-23-13-14-26(35-3)22(16-23)17-29-27(34)19-32-18-24(21-10-6-4-7-11-21)28-25(32)12-8-5-9-15-31(28)2/h4,6-7,10-11,13-14,16,24-25,28H,5,8-9,12,15,17-19H2,1-3H3,(H,29,34)(H,30,33)/t24-,25-,28-/m0/s1. The summed E-state index contributed by atoms with van der Waals surface area (Å²) in [5, 5.41) is 5.87. The van der Waals surface area contributed by atoms with E-state index >= 15 is 0 Å². The van der Waals surface area contributed by atoms with Crippen molar-refractivity contribution in [3.8, 4) is 5.75 Å². The molecule has 0 bridgehead atoms. The molecule has 2 aliphatic heterocycles. The topological polar surface area (TPSA) is 73.9 Å². The van der Waals surface area contributed by atoms with E-state index in [2.05, 4.69) is 57.8 Å². The Balaban J connectivity index is 1.46. The van der Waals surface area contributed by atoms with Crippen LogP contribution >= 0.6 is 0 Å². The number of ether oxygens (including phenoxy) is 1. The van der Waals surface area contributed by atoms with Crippen LogP contribution in [0.1, 0.15) is 49.7 Å². The molecule has 2 heterocycles. The number of carbonyl (C=O) groups excluding carboxylic acids is 2. The maximum atomic E-state index is 13.1. The number of hydrogen-bond donors (Lipinski definition) is 2. The molecule has 4 rings (SSSR count). The van der Waals surface area contributed by atoms with Crippen LogP contribution in [0.4, 0.5) is 5.69 Å². The van der Waals surface area contributed by atoms with Gasteiger partial charge in [0.2, 0.25) is 11.8 Å². The fraction of sp³-hybridized carbons (Fsp3) is 0.500. The van der Waals surface area contributed by atoms with Gasteiger partial charge in [-0.2, -0.15) is 0 Å². The Morgan fingerprint density at radius 1 is 1.09 bits per heavy atom. The van der Waals surface area contributed by atoms with E-state index in [1.807, 2.05) is 12.1 Å². The van der Waals surface area contributed by atoms with Gasteiger partial charge in [-0.05, 0) is 50.2 Å². The summed E-state index contributed by atoms with van der Waals surface area (Å²) in [6.07, 6.45) is 4.81. The zero-order valence-electron chi connectivity index (χ0n) is 21.1. The van der Waals surface area contributed by atoms with Crippen LogP contribution in [0.25, 0.3) is 0 Å². The fourth-order valence-corrected chi connectivity index (χ4v) is 5.79. The molecule has 2 fully saturated rings. The minimum Gasteiger partial charge on any atom is -0.496 e. The summed E-state index contributed by atoms with van der Waals surface area (Å²) >= 11 is 0. The normalized spacial score (nSPS) is 23.1. The Morgan fingerprint density at radius 2 is 1.89 bits per heavy atom. The van der Waals surface area contributed by atoms with Crippen LogP contribution in [0.5, 0.6) is 5.75 Å². The minimum atomic E-state index is -0.133. The number of benzene rings is 2. The third kappa shape index (κ3) is 6.21. The molecule has 2 saturated heterocycles. The number of rotatable bonds is 7. The van der Waals surface area contributed by atoms with Gasteiger partial charge in [0.25, 0.3) is 0 Å². The van der Waals surface area contributed by atoms with Crippen molar-refractivity contribution in [2.75, 3.05) is 39.1 Å². The summed E-state index contributed by atoms with van der Waals surface area (Å²) in [5.41, 5.74) is 2.88. The van der Waals surface area contributed by atoms with Crippen LogP contribution in [0.15, 0.2) is 48.5 Å². The average molecular weight is 479 g/mol. The van der Waals surface area contributed by atoms with Crippen molar-refractivity contribution in [2.24, 2.45) is 0 Å². The molecule has 2 aliphatic rings. The van der Waals surface area contributed by atoms with Crippen molar-refractivity contribution in [1.82, 2.24) is 15.1 Å². The van der Waals surface area contributed by atoms with Crippen LogP contribution in [0, 0.1) is 0 Å². The first-order chi connectivity index (χ1) is 17.0. The Morgan fingerprint density at radius 3 is 2.63 bits per heavy atom. The van der Waals surface area contributed by atoms with E-state index in [0.717, 1.165) is 25.1 Å². The monoisotopic (exact) mass is 478 g/mol. The van der Waals surface area contributed by atoms with Crippen LogP contribution in [-0.2, 0) is 16.1 Å². The van der Waals surface area contributed by atoms with Gasteiger partial charge in [-0.1, -0.05) is 43.2 Å². The van der Waals surface area contributed by atoms with Crippen LogP contribution in [0.3, 0.4) is 0 Å². The fourth-order valence-electron chi connectivity index (χ4n) is 5.79. The van der Waals surface area contributed by atoms with Gasteiger partial charge in [0.15, 0.2) is 0 Å². The minimum absolute atomic E-state index is 0.00848. The smallest absolute Gasteiger partial charge is 0.234 e. The van der Waals surface area contributed by atoms with Gasteiger partial charge < -0.3 is 20.3 Å². The van der Waals surface area contributed by atoms with E-state index in [4.69, 9.17) is 4.74 Å². The van der Waals surface area contributed by atoms with Crippen molar-refractivity contribution < 1.29 is 14.3 Å². The first-order valence-electron chi connectivity index (χ1n) is 12.7. The Labute approximate surface area is 208 Å². The summed E-state index contributed by atoms with van der Waals surface area (Å²) in [4.78, 5) is 29.5. The molecule has 0 radical (unpaired) electrons. The lowest BCUT2D eigenvalue weighted by molar-refractivity contribution is -0.122. The number of amides is 2. The highest BCUT2D eigenvalue weighted by atomic mass is 16.5. The summed E-state index contributed by atoms with van der Waals surface area (Å²) in [6, 6.07) is 17.0. The molecule has 2 aromatic carbocycles. The summed E-state index contributed by atoms with van der Waals surface area (Å²) in [5.74, 6) is 0.956. The highest BCUT2D eigenvalue weighted by Gasteiger charge is 2.44. The molecule has 7 heteroatoms. The van der Waals surface area contributed by atoms with Gasteiger partial charge in [0, 0.05) is 49.3 Å². The predicted molar refractivity (Wildman–Crippen MR) is 139 cm³/mol. The molecule has 0 unspecified atom stereocenters. The zero-order chi connectivity index (χ0) is 24.8. The first kappa shape index (κ1) is 25.2. The van der Waals surface area contributed by atoms with Gasteiger partial charge >= 0.3 is 0 Å². The number of likely N-dealkylation sites (tertiary alicyclic amines) is 2. The Kier molecular flexibility index (Phi) is 8.42. The molecule has 188 valence electrons. The number of likely N-dealkylation sites (N-methyl/N-ethyl adjacent to an activating group) is 1. The van der Waals surface area contributed by atoms with Crippen molar-refractivity contribution in [2.45, 2.75) is 57.2 Å². The molecular formula is C28H38N4O3. The molecule has 0 aliphatic carbocycles. The highest BCUT2D eigenvalue weighted by Crippen LogP contribution is 2.38. The van der Waals surface area contributed by atoms with Gasteiger partial charge in [-0.3, -0.25) is 14.5 Å². The van der Waals surface area contributed by atoms with E-state index < -0.39 is 0 Å². The molecular weight excluding hydrogens is 440 g/mol. The molecule has 2 amide bonds. The SMILES string of the molecule is COc1ccc(NC(C)=O)cc1CNC(=O)CN1C[C@@H](c2ccccc2)[C@H]2[C@@H]1CCCCCN2C. The van der Waals surface area contributed by atoms with E-state index in [9.17, 15) is 9.59 Å². The molecule has 7 nitrogen and oxygen atoms in total. The van der Waals surface area contributed by atoms with E-state index in [-0.39, 0.29) is 11.8 Å². The third-order valence-corrected chi connectivity index (χ3v) is 7.38. The zero-order valence-corrected chi connectivity index (χ0v) is 21.1. The second-order valence-corrected chi connectivity index (χ2v) is 9.82. The predicted octanol–water partition coefficient (Wildman–Crippen LogP) is 3.61. The molecule has 3 atom stereocenters. The summed E-state index contributed by atoms with van der Waals surface area (Å²) in [7, 11) is 3.86. The van der Waals surface area contributed by atoms with Crippen molar-refractivity contribution in [1.29, 1.82) is 0 Å². The number of nitrogens with one attached hydrogen (secondary N) is 2. The molecule has 0 spiro atoms. The van der Waals surface area contributed by atoms with Gasteiger partial charge in [0.05, 0.1) is 13.7 Å². The van der Waals surface area contributed by atoms with Gasteiger partial charge in [-0.25, -0.2) is 0 Å². The lowest BCUT2D eigenvalue weighted by Gasteiger charge is -2.37. The number of fused-ring (bicyclic) bond motifs is 1. The number of anilines is 1. The number of methoxy groups -OCH3 is 1. The Bertz CT molecular complexity index is 1010. The third-order valence-electron chi connectivity index (χ3n) is 7.38. The van der Waals surface area contributed by atoms with Crippen LogP contribution in [0.2, 0.25) is 0 Å². The number of nitrogens with zero attached hydrogens (tertiary/aromatic N) is 2. The Hall–Kier alpha value is -2.90. The molecule has 35 heavy (non-hydrogen) atoms. The first-order valence-corrected chi connectivity index (χ1v) is 12.7. The summed E-state index contributed by atoms with van der Waals surface area (Å²) < 4.78 is 5.46. The number of hydrogen-bond acceptors (Lipinski definition) is 5. The quantitative estimate of drug-likeness (QED) is 0.636. The molecule has 0 aromatic heterocycles. The highest BCUT2D eigenvalue weighted by molar-refractivity contribution is 5.88. The maximum Gasteiger partial charge on any atom is 0.234 e. The van der Waals surface area contributed by atoms with Crippen molar-refractivity contribution in [3.63, 3.8) is 0 Å². The average Bonchev–Trinajstić information content (AvgIpc) is 3.18. The lowest BCUT2D eigenvalue weighted by atomic mass is 9.87. The van der Waals surface area contributed by atoms with Crippen LogP contribution in [-0.4, -0.2) is 67.5 Å². The van der Waals surface area contributed by atoms with Crippen molar-refractivity contribution >= 4 is 17.5 Å². The largest absolute Gasteiger partial charge is 0.496 e.